The molecule has 250 valence electrons. The van der Waals surface area contributed by atoms with Gasteiger partial charge in [-0.05, 0) is 73.6 Å². The summed E-state index contributed by atoms with van der Waals surface area (Å²) in [6, 6.07) is -3.08. The van der Waals surface area contributed by atoms with Crippen molar-refractivity contribution in [3.8, 4) is 0 Å². The second-order valence-electron chi connectivity index (χ2n) is 13.0. The molecule has 1 aliphatic rings. The molecule has 44 heavy (non-hydrogen) atoms. The Bertz CT molecular complexity index is 1050. The number of amides is 5. The van der Waals surface area contributed by atoms with Crippen molar-refractivity contribution in [2.24, 2.45) is 11.8 Å². The summed E-state index contributed by atoms with van der Waals surface area (Å²) in [5, 5.41) is 13.2. The Balaban J connectivity index is 3.16. The molecule has 0 saturated carbocycles. The normalized spacial score (nSPS) is 17.2. The van der Waals surface area contributed by atoms with Crippen LogP contribution in [-0.4, -0.2) is 84.9 Å². The molecule has 1 fully saturated rings. The highest BCUT2D eigenvalue weighted by Crippen LogP contribution is 2.17. The highest BCUT2D eigenvalue weighted by molar-refractivity contribution is 5.92. The molecular formula is C30H51N5O9. The second-order valence-corrected chi connectivity index (χ2v) is 13.0. The molecule has 0 aromatic rings. The van der Waals surface area contributed by atoms with Crippen molar-refractivity contribution in [2.75, 3.05) is 19.7 Å². The van der Waals surface area contributed by atoms with Gasteiger partial charge >= 0.3 is 18.2 Å². The highest BCUT2D eigenvalue weighted by atomic mass is 16.6. The van der Waals surface area contributed by atoms with Crippen LogP contribution in [0.2, 0.25) is 0 Å². The van der Waals surface area contributed by atoms with Gasteiger partial charge in [0.05, 0.1) is 13.2 Å². The van der Waals surface area contributed by atoms with Crippen molar-refractivity contribution >= 4 is 35.9 Å². The molecule has 1 rings (SSSR count). The molecule has 14 heteroatoms. The van der Waals surface area contributed by atoms with Gasteiger partial charge in [0.25, 0.3) is 0 Å². The molecule has 0 aromatic heterocycles. The lowest BCUT2D eigenvalue weighted by molar-refractivity contribution is -0.137. The van der Waals surface area contributed by atoms with Gasteiger partial charge in [0.15, 0.2) is 0 Å². The van der Waals surface area contributed by atoms with Gasteiger partial charge in [-0.15, -0.1) is 0 Å². The summed E-state index contributed by atoms with van der Waals surface area (Å²) in [4.78, 5) is 76.0. The quantitative estimate of drug-likeness (QED) is 0.109. The summed E-state index contributed by atoms with van der Waals surface area (Å²) in [5.74, 6) is -2.44. The maximum absolute atomic E-state index is 13.5. The fourth-order valence-corrected chi connectivity index (χ4v) is 4.16. The number of ether oxygens (including phenoxy) is 3. The van der Waals surface area contributed by atoms with Crippen LogP contribution in [0.25, 0.3) is 0 Å². The third-order valence-electron chi connectivity index (χ3n) is 5.98. The van der Waals surface area contributed by atoms with E-state index in [1.165, 1.54) is 12.2 Å². The molecule has 4 atom stereocenters. The van der Waals surface area contributed by atoms with Crippen molar-refractivity contribution in [2.45, 2.75) is 111 Å². The van der Waals surface area contributed by atoms with E-state index in [9.17, 15) is 28.8 Å². The van der Waals surface area contributed by atoms with E-state index in [4.69, 9.17) is 14.2 Å². The molecule has 0 aliphatic carbocycles. The lowest BCUT2D eigenvalue weighted by Crippen LogP contribution is -2.58. The molecule has 0 unspecified atom stereocenters. The zero-order chi connectivity index (χ0) is 33.7. The number of carbonyl (C=O) groups excluding carboxylic acids is 6. The summed E-state index contributed by atoms with van der Waals surface area (Å²) in [6.45, 7) is 15.8. The van der Waals surface area contributed by atoms with E-state index in [1.54, 1.807) is 48.5 Å². The number of carbonyl (C=O) groups is 6. The van der Waals surface area contributed by atoms with Crippen molar-refractivity contribution in [3.05, 3.63) is 12.2 Å². The third kappa shape index (κ3) is 16.1. The Hall–Kier alpha value is -3.84. The molecule has 1 aliphatic heterocycles. The summed E-state index contributed by atoms with van der Waals surface area (Å²) in [5.41, 5.74) is -1.65. The van der Waals surface area contributed by atoms with Gasteiger partial charge in [-0.3, -0.25) is 14.4 Å². The average Bonchev–Trinajstić information content (AvgIpc) is 3.26. The molecular weight excluding hydrogens is 574 g/mol. The van der Waals surface area contributed by atoms with Crippen molar-refractivity contribution in [3.63, 3.8) is 0 Å². The van der Waals surface area contributed by atoms with Crippen LogP contribution in [0.5, 0.6) is 0 Å². The molecule has 1 saturated heterocycles. The molecule has 5 amide bonds. The third-order valence-corrected chi connectivity index (χ3v) is 5.98. The monoisotopic (exact) mass is 625 g/mol. The molecule has 0 spiro atoms. The van der Waals surface area contributed by atoms with E-state index < -0.39 is 59.3 Å². The van der Waals surface area contributed by atoms with Crippen LogP contribution < -0.4 is 26.6 Å². The van der Waals surface area contributed by atoms with E-state index in [0.29, 0.717) is 13.0 Å². The van der Waals surface area contributed by atoms with E-state index in [0.717, 1.165) is 0 Å². The second kappa shape index (κ2) is 17.5. The average molecular weight is 626 g/mol. The number of alkyl carbamates (subject to hydrolysis) is 2. The SMILES string of the molecule is CCOC(=O)/C=C/[C@H](C[C@@H]1CCNC1=O)NC(=O)[C@H](CC(C)C)NC(=O)[C@H](CNC(=O)OC(C)(C)C)NC(=O)OC(C)(C)C. The molecule has 5 N–H and O–H groups in total. The van der Waals surface area contributed by atoms with Gasteiger partial charge in [-0.2, -0.15) is 0 Å². The number of esters is 1. The fraction of sp³-hybridized carbons (Fsp3) is 0.733. The Morgan fingerprint density at radius 1 is 0.909 bits per heavy atom. The molecule has 0 aromatic carbocycles. The van der Waals surface area contributed by atoms with Gasteiger partial charge < -0.3 is 40.8 Å². The molecule has 14 nitrogen and oxygen atoms in total. The Labute approximate surface area is 260 Å². The maximum Gasteiger partial charge on any atom is 0.408 e. The Kier molecular flexibility index (Phi) is 15.1. The van der Waals surface area contributed by atoms with E-state index in [-0.39, 0.29) is 43.7 Å². The lowest BCUT2D eigenvalue weighted by atomic mass is 9.97. The number of hydrogen-bond acceptors (Lipinski definition) is 9. The first kappa shape index (κ1) is 38.2. The van der Waals surface area contributed by atoms with Crippen LogP contribution >= 0.6 is 0 Å². The number of nitrogens with one attached hydrogen (secondary N) is 5. The molecule has 0 bridgehead atoms. The number of rotatable bonds is 14. The van der Waals surface area contributed by atoms with Crippen LogP contribution in [0.4, 0.5) is 9.59 Å². The zero-order valence-corrected chi connectivity index (χ0v) is 27.5. The van der Waals surface area contributed by atoms with E-state index in [1.807, 2.05) is 13.8 Å². The lowest BCUT2D eigenvalue weighted by Gasteiger charge is -2.27. The Morgan fingerprint density at radius 2 is 1.50 bits per heavy atom. The van der Waals surface area contributed by atoms with Crippen molar-refractivity contribution < 1.29 is 43.0 Å². The summed E-state index contributed by atoms with van der Waals surface area (Å²) in [7, 11) is 0. The van der Waals surface area contributed by atoms with Gasteiger partial charge in [0, 0.05) is 24.6 Å². The zero-order valence-electron chi connectivity index (χ0n) is 27.5. The maximum atomic E-state index is 13.5. The largest absolute Gasteiger partial charge is 0.463 e. The first-order valence-electron chi connectivity index (χ1n) is 15.0. The number of hydrogen-bond donors (Lipinski definition) is 5. The van der Waals surface area contributed by atoms with Crippen LogP contribution in [0.15, 0.2) is 12.2 Å². The minimum atomic E-state index is -1.32. The summed E-state index contributed by atoms with van der Waals surface area (Å²) >= 11 is 0. The predicted octanol–water partition coefficient (Wildman–Crippen LogP) is 2.07. The topological polar surface area (TPSA) is 190 Å². The first-order chi connectivity index (χ1) is 20.3. The fourth-order valence-electron chi connectivity index (χ4n) is 4.16. The predicted molar refractivity (Wildman–Crippen MR) is 162 cm³/mol. The standard InChI is InChI=1S/C30H51N5O9/c1-10-42-23(36)12-11-20(16-19-13-14-31-24(19)37)33-25(38)21(15-18(2)3)34-26(39)22(35-28(41)44-30(7,8)9)17-32-27(40)43-29(4,5)6/h11-12,18-22H,10,13-17H2,1-9H3,(H,31,37)(H,32,40)(H,33,38)(H,34,39)(H,35,41)/b12-11+/t19-,20+,21-,22-/m0/s1. The van der Waals surface area contributed by atoms with Crippen LogP contribution in [0.1, 0.15) is 81.6 Å². The van der Waals surface area contributed by atoms with Crippen molar-refractivity contribution in [1.82, 2.24) is 26.6 Å². The summed E-state index contributed by atoms with van der Waals surface area (Å²) in [6.07, 6.45) is 2.01. The minimum absolute atomic E-state index is 0.0302. The van der Waals surface area contributed by atoms with Crippen LogP contribution in [0.3, 0.4) is 0 Å². The van der Waals surface area contributed by atoms with Gasteiger partial charge in [-0.1, -0.05) is 19.9 Å². The van der Waals surface area contributed by atoms with Gasteiger partial charge in [0.2, 0.25) is 17.7 Å². The Morgan fingerprint density at radius 3 is 2.02 bits per heavy atom. The smallest absolute Gasteiger partial charge is 0.408 e. The van der Waals surface area contributed by atoms with E-state index >= 15 is 0 Å². The van der Waals surface area contributed by atoms with Gasteiger partial charge in [0.1, 0.15) is 23.3 Å². The van der Waals surface area contributed by atoms with Crippen molar-refractivity contribution in [1.29, 1.82) is 0 Å². The van der Waals surface area contributed by atoms with Crippen LogP contribution in [-0.2, 0) is 33.4 Å². The molecule has 0 radical (unpaired) electrons. The highest BCUT2D eigenvalue weighted by Gasteiger charge is 2.32. The first-order valence-corrected chi connectivity index (χ1v) is 15.0. The van der Waals surface area contributed by atoms with E-state index in [2.05, 4.69) is 26.6 Å². The van der Waals surface area contributed by atoms with Crippen LogP contribution in [0, 0.1) is 11.8 Å². The molecule has 1 heterocycles. The minimum Gasteiger partial charge on any atom is -0.463 e. The summed E-state index contributed by atoms with van der Waals surface area (Å²) < 4.78 is 15.4. The van der Waals surface area contributed by atoms with Gasteiger partial charge in [-0.25, -0.2) is 14.4 Å².